The zero-order valence-corrected chi connectivity index (χ0v) is 12.3. The molecule has 0 spiro atoms. The lowest BCUT2D eigenvalue weighted by Crippen LogP contribution is -2.22. The van der Waals surface area contributed by atoms with E-state index in [1.807, 2.05) is 0 Å². The summed E-state index contributed by atoms with van der Waals surface area (Å²) in [7, 11) is 3.02. The number of rotatable bonds is 3. The van der Waals surface area contributed by atoms with Crippen LogP contribution in [0.15, 0.2) is 34.1 Å². The third-order valence-corrected chi connectivity index (χ3v) is 3.83. The number of halogens is 4. The Morgan fingerprint density at radius 3 is 2.14 bits per heavy atom. The topological polar surface area (TPSA) is 33.2 Å². The third-order valence-electron chi connectivity index (χ3n) is 2.69. The van der Waals surface area contributed by atoms with Gasteiger partial charge in [-0.3, -0.25) is 4.79 Å². The summed E-state index contributed by atoms with van der Waals surface area (Å²) in [5, 5.41) is 0. The molecule has 0 saturated heterocycles. The highest BCUT2D eigenvalue weighted by Crippen LogP contribution is 2.35. The van der Waals surface area contributed by atoms with Gasteiger partial charge in [0, 0.05) is 19.0 Å². The maximum Gasteiger partial charge on any atom is 0.254 e. The summed E-state index contributed by atoms with van der Waals surface area (Å²) in [4.78, 5) is 15.1. The Kier molecular flexibility index (Phi) is 4.70. The number of pyridine rings is 1. The fraction of sp³-hybridized carbons (Fsp3) is 0.143. The fourth-order valence-electron chi connectivity index (χ4n) is 1.64. The second-order valence-electron chi connectivity index (χ2n) is 4.45. The van der Waals surface area contributed by atoms with E-state index in [1.165, 1.54) is 31.1 Å². The molecule has 0 bridgehead atoms. The second-order valence-corrected chi connectivity index (χ2v) is 5.50. The molecule has 0 fully saturated rings. The maximum atomic E-state index is 13.7. The Morgan fingerprint density at radius 1 is 1.05 bits per heavy atom. The van der Waals surface area contributed by atoms with Crippen LogP contribution in [0, 0.1) is 23.5 Å². The average molecular weight is 330 g/mol. The molecule has 3 nitrogen and oxygen atoms in total. The van der Waals surface area contributed by atoms with E-state index in [-0.39, 0.29) is 10.5 Å². The van der Waals surface area contributed by atoms with Gasteiger partial charge in [0.1, 0.15) is 0 Å². The van der Waals surface area contributed by atoms with Crippen molar-refractivity contribution in [1.82, 2.24) is 9.88 Å². The van der Waals surface area contributed by atoms with Crippen molar-refractivity contribution in [2.24, 2.45) is 0 Å². The molecule has 0 saturated carbocycles. The normalized spacial score (nSPS) is 10.6. The van der Waals surface area contributed by atoms with Gasteiger partial charge in [0.2, 0.25) is 0 Å². The molecule has 0 aliphatic rings. The van der Waals surface area contributed by atoms with Crippen molar-refractivity contribution < 1.29 is 22.4 Å². The number of carbonyl (C=O) groups excluding carboxylic acids is 1. The highest BCUT2D eigenvalue weighted by molar-refractivity contribution is 7.99. The minimum atomic E-state index is -1.74. The molecule has 0 atom stereocenters. The standard InChI is InChI=1S/C14H10F4N2OS/c1-20(2)14(21)7-5-3-4-6-8(7)22-11-9(15)12(17)19-13(18)10(11)16/h3-6H,1-2H3. The van der Waals surface area contributed by atoms with E-state index >= 15 is 0 Å². The zero-order valence-electron chi connectivity index (χ0n) is 11.5. The van der Waals surface area contributed by atoms with Crippen LogP contribution in [-0.2, 0) is 0 Å². The molecule has 0 unspecified atom stereocenters. The predicted octanol–water partition coefficient (Wildman–Crippen LogP) is 3.49. The largest absolute Gasteiger partial charge is 0.345 e. The summed E-state index contributed by atoms with van der Waals surface area (Å²) in [5.41, 5.74) is 0.161. The van der Waals surface area contributed by atoms with Crippen molar-refractivity contribution in [3.63, 3.8) is 0 Å². The summed E-state index contributed by atoms with van der Waals surface area (Å²) in [6.45, 7) is 0. The first-order chi connectivity index (χ1) is 10.3. The Balaban J connectivity index is 2.52. The van der Waals surface area contributed by atoms with Gasteiger partial charge in [0.25, 0.3) is 17.8 Å². The van der Waals surface area contributed by atoms with Crippen LogP contribution in [0.5, 0.6) is 0 Å². The molecule has 2 rings (SSSR count). The van der Waals surface area contributed by atoms with Crippen LogP contribution in [0.4, 0.5) is 17.6 Å². The third kappa shape index (κ3) is 3.06. The molecular formula is C14H10F4N2OS. The monoisotopic (exact) mass is 330 g/mol. The number of nitrogens with zero attached hydrogens (tertiary/aromatic N) is 2. The van der Waals surface area contributed by atoms with Crippen LogP contribution in [0.3, 0.4) is 0 Å². The number of hydrogen-bond donors (Lipinski definition) is 0. The van der Waals surface area contributed by atoms with Gasteiger partial charge in [-0.25, -0.2) is 8.78 Å². The molecule has 2 aromatic rings. The van der Waals surface area contributed by atoms with E-state index in [0.717, 1.165) is 0 Å². The smallest absolute Gasteiger partial charge is 0.254 e. The summed E-state index contributed by atoms with van der Waals surface area (Å²) >= 11 is 0.424. The molecule has 0 aliphatic carbocycles. The molecular weight excluding hydrogens is 320 g/mol. The highest BCUT2D eigenvalue weighted by atomic mass is 32.2. The first kappa shape index (κ1) is 16.3. The van der Waals surface area contributed by atoms with E-state index < -0.39 is 34.3 Å². The van der Waals surface area contributed by atoms with E-state index in [1.54, 1.807) is 12.1 Å². The van der Waals surface area contributed by atoms with Gasteiger partial charge in [0.15, 0.2) is 11.6 Å². The number of benzene rings is 1. The molecule has 116 valence electrons. The van der Waals surface area contributed by atoms with Crippen LogP contribution in [0.2, 0.25) is 0 Å². The Hall–Kier alpha value is -2.09. The number of amides is 1. The molecule has 0 N–H and O–H groups in total. The second kappa shape index (κ2) is 6.35. The Bertz CT molecular complexity index is 711. The molecule has 1 heterocycles. The lowest BCUT2D eigenvalue weighted by Gasteiger charge is -2.14. The van der Waals surface area contributed by atoms with Crippen molar-refractivity contribution in [1.29, 1.82) is 0 Å². The van der Waals surface area contributed by atoms with Crippen LogP contribution in [0.1, 0.15) is 10.4 Å². The van der Waals surface area contributed by atoms with Crippen molar-refractivity contribution >= 4 is 17.7 Å². The summed E-state index contributed by atoms with van der Waals surface area (Å²) < 4.78 is 53.6. The van der Waals surface area contributed by atoms with E-state index in [0.29, 0.717) is 11.8 Å². The van der Waals surface area contributed by atoms with Crippen LogP contribution in [0.25, 0.3) is 0 Å². The first-order valence-electron chi connectivity index (χ1n) is 6.01. The van der Waals surface area contributed by atoms with Gasteiger partial charge >= 0.3 is 0 Å². The summed E-state index contributed by atoms with van der Waals surface area (Å²) in [6, 6.07) is 5.99. The fourth-order valence-corrected chi connectivity index (χ4v) is 2.62. The van der Waals surface area contributed by atoms with Crippen molar-refractivity contribution in [2.45, 2.75) is 9.79 Å². The summed E-state index contributed by atoms with van der Waals surface area (Å²) in [6.07, 6.45) is 0. The van der Waals surface area contributed by atoms with Crippen LogP contribution < -0.4 is 0 Å². The minimum Gasteiger partial charge on any atom is -0.345 e. The van der Waals surface area contributed by atoms with Gasteiger partial charge in [-0.2, -0.15) is 13.8 Å². The first-order valence-corrected chi connectivity index (χ1v) is 6.83. The number of carbonyl (C=O) groups is 1. The van der Waals surface area contributed by atoms with E-state index in [9.17, 15) is 22.4 Å². The molecule has 0 aliphatic heterocycles. The van der Waals surface area contributed by atoms with Crippen molar-refractivity contribution in [3.05, 3.63) is 53.4 Å². The maximum absolute atomic E-state index is 13.7. The van der Waals surface area contributed by atoms with E-state index in [2.05, 4.69) is 4.98 Å². The van der Waals surface area contributed by atoms with Crippen LogP contribution >= 0.6 is 11.8 Å². The average Bonchev–Trinajstić information content (AvgIpc) is 2.49. The zero-order chi connectivity index (χ0) is 16.4. The summed E-state index contributed by atoms with van der Waals surface area (Å²) in [5.74, 6) is -7.08. The molecule has 1 aromatic heterocycles. The van der Waals surface area contributed by atoms with Crippen molar-refractivity contribution in [2.75, 3.05) is 14.1 Å². The SMILES string of the molecule is CN(C)C(=O)c1ccccc1Sc1c(F)c(F)nc(F)c1F. The van der Waals surface area contributed by atoms with E-state index in [4.69, 9.17) is 0 Å². The molecule has 0 radical (unpaired) electrons. The van der Waals surface area contributed by atoms with Gasteiger partial charge in [0.05, 0.1) is 10.5 Å². The lowest BCUT2D eigenvalue weighted by molar-refractivity contribution is 0.0824. The molecule has 1 aromatic carbocycles. The number of hydrogen-bond acceptors (Lipinski definition) is 3. The van der Waals surface area contributed by atoms with Gasteiger partial charge in [-0.05, 0) is 12.1 Å². The Morgan fingerprint density at radius 2 is 1.59 bits per heavy atom. The van der Waals surface area contributed by atoms with Gasteiger partial charge in [-0.1, -0.05) is 23.9 Å². The predicted molar refractivity (Wildman–Crippen MR) is 72.7 cm³/mol. The molecule has 22 heavy (non-hydrogen) atoms. The molecule has 1 amide bonds. The van der Waals surface area contributed by atoms with Crippen LogP contribution in [-0.4, -0.2) is 29.9 Å². The van der Waals surface area contributed by atoms with Crippen molar-refractivity contribution in [3.8, 4) is 0 Å². The lowest BCUT2D eigenvalue weighted by atomic mass is 10.2. The van der Waals surface area contributed by atoms with Gasteiger partial charge in [-0.15, -0.1) is 0 Å². The Labute approximate surface area is 128 Å². The molecule has 8 heteroatoms. The van der Waals surface area contributed by atoms with Gasteiger partial charge < -0.3 is 4.90 Å². The highest BCUT2D eigenvalue weighted by Gasteiger charge is 2.23. The quantitative estimate of drug-likeness (QED) is 0.638. The number of aromatic nitrogens is 1. The minimum absolute atomic E-state index is 0.161.